The lowest BCUT2D eigenvalue weighted by atomic mass is 10.3. The Balaban J connectivity index is 1.96. The summed E-state index contributed by atoms with van der Waals surface area (Å²) in [6.45, 7) is 1.98. The van der Waals surface area contributed by atoms with Crippen LogP contribution in [0.2, 0.25) is 5.15 Å². The Labute approximate surface area is 113 Å². The van der Waals surface area contributed by atoms with Gasteiger partial charge in [-0.05, 0) is 31.2 Å². The van der Waals surface area contributed by atoms with E-state index in [0.717, 1.165) is 16.4 Å². The highest BCUT2D eigenvalue weighted by Gasteiger charge is 2.28. The van der Waals surface area contributed by atoms with Gasteiger partial charge in [0.1, 0.15) is 16.0 Å². The number of halogens is 1. The fourth-order valence-corrected chi connectivity index (χ4v) is 3.53. The highest BCUT2D eigenvalue weighted by molar-refractivity contribution is 8.01. The van der Waals surface area contributed by atoms with E-state index < -0.39 is 0 Å². The molecule has 2 heterocycles. The van der Waals surface area contributed by atoms with Crippen LogP contribution in [0.4, 0.5) is 0 Å². The second kappa shape index (κ2) is 4.59. The molecule has 0 amide bonds. The maximum Gasteiger partial charge on any atom is 0.136 e. The predicted octanol–water partition coefficient (Wildman–Crippen LogP) is 4.53. The van der Waals surface area contributed by atoms with Gasteiger partial charge in [-0.25, -0.2) is 9.97 Å². The van der Waals surface area contributed by atoms with E-state index in [-0.39, 0.29) is 0 Å². The normalized spacial score (nSPS) is 15.2. The molecule has 1 saturated carbocycles. The number of thiophene rings is 1. The van der Waals surface area contributed by atoms with E-state index >= 15 is 0 Å². The van der Waals surface area contributed by atoms with E-state index in [1.54, 1.807) is 23.1 Å². The third kappa shape index (κ3) is 2.49. The van der Waals surface area contributed by atoms with Crippen LogP contribution < -0.4 is 0 Å². The van der Waals surface area contributed by atoms with Crippen LogP contribution in [0, 0.1) is 6.92 Å². The SMILES string of the molecule is Cc1c(Cl)nc(C2CC2)nc1Sc1cccs1. The first-order valence-corrected chi connectivity index (χ1v) is 7.57. The number of rotatable bonds is 3. The molecule has 0 radical (unpaired) electrons. The molecule has 17 heavy (non-hydrogen) atoms. The Morgan fingerprint density at radius 2 is 2.24 bits per heavy atom. The van der Waals surface area contributed by atoms with Gasteiger partial charge >= 0.3 is 0 Å². The van der Waals surface area contributed by atoms with E-state index in [2.05, 4.69) is 21.4 Å². The van der Waals surface area contributed by atoms with Crippen LogP contribution in [0.5, 0.6) is 0 Å². The van der Waals surface area contributed by atoms with Crippen LogP contribution in [-0.4, -0.2) is 9.97 Å². The molecule has 2 nitrogen and oxygen atoms in total. The molecule has 0 unspecified atom stereocenters. The smallest absolute Gasteiger partial charge is 0.136 e. The second-order valence-corrected chi connectivity index (χ2v) is 6.71. The molecule has 0 aliphatic heterocycles. The highest BCUT2D eigenvalue weighted by Crippen LogP contribution is 2.41. The van der Waals surface area contributed by atoms with Crippen LogP contribution in [-0.2, 0) is 0 Å². The predicted molar refractivity (Wildman–Crippen MR) is 72.2 cm³/mol. The zero-order valence-corrected chi connectivity index (χ0v) is 11.7. The average Bonchev–Trinajstić information content (AvgIpc) is 3.04. The Kier molecular flexibility index (Phi) is 3.11. The quantitative estimate of drug-likeness (QED) is 0.774. The van der Waals surface area contributed by atoms with Crippen molar-refractivity contribution in [2.75, 3.05) is 0 Å². The van der Waals surface area contributed by atoms with Gasteiger partial charge in [0, 0.05) is 11.5 Å². The van der Waals surface area contributed by atoms with Crippen LogP contribution >= 0.6 is 34.7 Å². The maximum atomic E-state index is 6.17. The molecule has 5 heteroatoms. The van der Waals surface area contributed by atoms with Crippen molar-refractivity contribution in [2.24, 2.45) is 0 Å². The fraction of sp³-hybridized carbons (Fsp3) is 0.333. The van der Waals surface area contributed by atoms with Crippen LogP contribution in [0.15, 0.2) is 26.7 Å². The van der Waals surface area contributed by atoms with E-state index in [4.69, 9.17) is 11.6 Å². The molecule has 2 aromatic heterocycles. The Morgan fingerprint density at radius 3 is 2.88 bits per heavy atom. The van der Waals surface area contributed by atoms with E-state index in [1.165, 1.54) is 17.1 Å². The molecule has 1 aliphatic carbocycles. The Bertz CT molecular complexity index is 536. The first-order chi connectivity index (χ1) is 8.24. The van der Waals surface area contributed by atoms with Crippen LogP contribution in [0.25, 0.3) is 0 Å². The van der Waals surface area contributed by atoms with Crippen LogP contribution in [0.1, 0.15) is 30.1 Å². The van der Waals surface area contributed by atoms with Crippen molar-refractivity contribution in [3.63, 3.8) is 0 Å². The number of nitrogens with zero attached hydrogens (tertiary/aromatic N) is 2. The molecule has 0 spiro atoms. The van der Waals surface area contributed by atoms with Gasteiger partial charge in [0.05, 0.1) is 4.21 Å². The largest absolute Gasteiger partial charge is 0.226 e. The van der Waals surface area contributed by atoms with E-state index in [0.29, 0.717) is 11.1 Å². The number of hydrogen-bond donors (Lipinski definition) is 0. The summed E-state index contributed by atoms with van der Waals surface area (Å²) >= 11 is 9.57. The topological polar surface area (TPSA) is 25.8 Å². The standard InChI is InChI=1S/C12H11ClN2S2/c1-7-10(13)14-11(8-4-5-8)15-12(7)17-9-3-2-6-16-9/h2-3,6,8H,4-5H2,1H3. The van der Waals surface area contributed by atoms with Gasteiger partial charge in [-0.3, -0.25) is 0 Å². The van der Waals surface area contributed by atoms with Crippen molar-refractivity contribution < 1.29 is 0 Å². The summed E-state index contributed by atoms with van der Waals surface area (Å²) in [5.74, 6) is 1.45. The van der Waals surface area contributed by atoms with Gasteiger partial charge in [-0.1, -0.05) is 29.4 Å². The highest BCUT2D eigenvalue weighted by atomic mass is 35.5. The van der Waals surface area contributed by atoms with E-state index in [1.807, 2.05) is 13.0 Å². The summed E-state index contributed by atoms with van der Waals surface area (Å²) in [5.41, 5.74) is 0.981. The molecule has 0 aromatic carbocycles. The van der Waals surface area contributed by atoms with Gasteiger partial charge in [0.25, 0.3) is 0 Å². The average molecular weight is 283 g/mol. The van der Waals surface area contributed by atoms with Gasteiger partial charge in [0.2, 0.25) is 0 Å². The lowest BCUT2D eigenvalue weighted by Crippen LogP contribution is -1.98. The molecule has 0 saturated heterocycles. The summed E-state index contributed by atoms with van der Waals surface area (Å²) in [7, 11) is 0. The molecular formula is C12H11ClN2S2. The molecule has 1 aliphatic rings. The molecule has 0 N–H and O–H groups in total. The summed E-state index contributed by atoms with van der Waals surface area (Å²) in [4.78, 5) is 9.01. The lowest BCUT2D eigenvalue weighted by molar-refractivity contribution is 0.862. The molecule has 88 valence electrons. The first kappa shape index (κ1) is 11.5. The van der Waals surface area contributed by atoms with Crippen molar-refractivity contribution in [1.29, 1.82) is 0 Å². The summed E-state index contributed by atoms with van der Waals surface area (Å²) in [6, 6.07) is 4.15. The number of hydrogen-bond acceptors (Lipinski definition) is 4. The molecule has 0 bridgehead atoms. The molecule has 0 atom stereocenters. The minimum Gasteiger partial charge on any atom is -0.226 e. The summed E-state index contributed by atoms with van der Waals surface area (Å²) in [6.07, 6.45) is 2.39. The summed E-state index contributed by atoms with van der Waals surface area (Å²) < 4.78 is 1.24. The van der Waals surface area contributed by atoms with E-state index in [9.17, 15) is 0 Å². The van der Waals surface area contributed by atoms with Crippen LogP contribution in [0.3, 0.4) is 0 Å². The van der Waals surface area contributed by atoms with Crippen molar-refractivity contribution in [3.05, 3.63) is 34.1 Å². The van der Waals surface area contributed by atoms with Crippen molar-refractivity contribution >= 4 is 34.7 Å². The van der Waals surface area contributed by atoms with Gasteiger partial charge in [0.15, 0.2) is 0 Å². The molecule has 1 fully saturated rings. The molecule has 3 rings (SSSR count). The van der Waals surface area contributed by atoms with Crippen molar-refractivity contribution in [3.8, 4) is 0 Å². The third-order valence-corrected chi connectivity index (χ3v) is 5.19. The Morgan fingerprint density at radius 1 is 1.41 bits per heavy atom. The van der Waals surface area contributed by atoms with Gasteiger partial charge < -0.3 is 0 Å². The Hall–Kier alpha value is -0.580. The lowest BCUT2D eigenvalue weighted by Gasteiger charge is -2.07. The minimum absolute atomic E-state index is 0.538. The maximum absolute atomic E-state index is 6.17. The second-order valence-electron chi connectivity index (χ2n) is 4.11. The number of aromatic nitrogens is 2. The summed E-state index contributed by atoms with van der Waals surface area (Å²) in [5, 5.41) is 3.66. The minimum atomic E-state index is 0.538. The third-order valence-electron chi connectivity index (χ3n) is 2.69. The van der Waals surface area contributed by atoms with Gasteiger partial charge in [-0.15, -0.1) is 11.3 Å². The molecular weight excluding hydrogens is 272 g/mol. The zero-order valence-electron chi connectivity index (χ0n) is 9.31. The zero-order chi connectivity index (χ0) is 11.8. The molecule has 2 aromatic rings. The van der Waals surface area contributed by atoms with Crippen molar-refractivity contribution in [1.82, 2.24) is 9.97 Å². The van der Waals surface area contributed by atoms with Gasteiger partial charge in [-0.2, -0.15) is 0 Å². The fourth-order valence-electron chi connectivity index (χ4n) is 1.53. The monoisotopic (exact) mass is 282 g/mol. The first-order valence-electron chi connectivity index (χ1n) is 5.49. The van der Waals surface area contributed by atoms with Crippen molar-refractivity contribution in [2.45, 2.75) is 34.9 Å².